The Labute approximate surface area is 149 Å². The number of thiophene rings is 1. The molecule has 0 unspecified atom stereocenters. The molecule has 0 radical (unpaired) electrons. The Kier molecular flexibility index (Phi) is 5.80. The van der Waals surface area contributed by atoms with Gasteiger partial charge in [0.15, 0.2) is 0 Å². The Balaban J connectivity index is 1.86. The van der Waals surface area contributed by atoms with Crippen LogP contribution in [0.1, 0.15) is 47.7 Å². The third kappa shape index (κ3) is 3.76. The molecule has 0 N–H and O–H groups in total. The number of nitrogens with zero attached hydrogens (tertiary/aromatic N) is 1. The number of benzene rings is 1. The molecule has 1 aromatic carbocycles. The number of likely N-dealkylation sites (tertiary alicyclic amines) is 1. The van der Waals surface area contributed by atoms with Gasteiger partial charge in [0.1, 0.15) is 11.5 Å². The summed E-state index contributed by atoms with van der Waals surface area (Å²) >= 11 is 1.90. The summed E-state index contributed by atoms with van der Waals surface area (Å²) in [5.41, 5.74) is 2.66. The number of hydrogen-bond donors (Lipinski definition) is 0. The van der Waals surface area contributed by atoms with Crippen molar-refractivity contribution in [2.75, 3.05) is 20.8 Å². The van der Waals surface area contributed by atoms with Crippen LogP contribution >= 0.6 is 11.3 Å². The fourth-order valence-corrected chi connectivity index (χ4v) is 4.68. The van der Waals surface area contributed by atoms with E-state index in [2.05, 4.69) is 29.3 Å². The highest BCUT2D eigenvalue weighted by Crippen LogP contribution is 2.37. The highest BCUT2D eigenvalue weighted by Gasteiger charge is 2.25. The second-order valence-corrected chi connectivity index (χ2v) is 7.43. The maximum atomic E-state index is 5.61. The Bertz CT molecular complexity index is 667. The lowest BCUT2D eigenvalue weighted by molar-refractivity contribution is 0.192. The summed E-state index contributed by atoms with van der Waals surface area (Å²) in [5, 5.41) is 2.22. The smallest absolute Gasteiger partial charge is 0.127 e. The first-order valence-corrected chi connectivity index (χ1v) is 9.60. The monoisotopic (exact) mass is 345 g/mol. The van der Waals surface area contributed by atoms with Gasteiger partial charge in [-0.25, -0.2) is 0 Å². The third-order valence-electron chi connectivity index (χ3n) is 4.94. The number of hydrogen-bond acceptors (Lipinski definition) is 4. The van der Waals surface area contributed by atoms with Crippen molar-refractivity contribution in [1.82, 2.24) is 4.90 Å². The minimum Gasteiger partial charge on any atom is -0.497 e. The van der Waals surface area contributed by atoms with Crippen molar-refractivity contribution in [2.24, 2.45) is 0 Å². The van der Waals surface area contributed by atoms with E-state index in [4.69, 9.17) is 9.47 Å². The average Bonchev–Trinajstić information content (AvgIpc) is 2.89. The van der Waals surface area contributed by atoms with Crippen LogP contribution in [-0.4, -0.2) is 25.7 Å². The van der Waals surface area contributed by atoms with Crippen molar-refractivity contribution in [3.63, 3.8) is 0 Å². The zero-order valence-corrected chi connectivity index (χ0v) is 15.7. The molecule has 0 aliphatic carbocycles. The predicted octanol–water partition coefficient (Wildman–Crippen LogP) is 5.19. The summed E-state index contributed by atoms with van der Waals surface area (Å²) < 4.78 is 10.9. The van der Waals surface area contributed by atoms with Crippen LogP contribution in [0.5, 0.6) is 11.5 Å². The molecule has 0 saturated carbocycles. The molecular formula is C20H27NO2S. The molecule has 0 spiro atoms. The summed E-state index contributed by atoms with van der Waals surface area (Å²) in [4.78, 5) is 4.17. The van der Waals surface area contributed by atoms with Crippen molar-refractivity contribution in [3.8, 4) is 11.5 Å². The van der Waals surface area contributed by atoms with Gasteiger partial charge in [-0.2, -0.15) is 0 Å². The molecular weight excluding hydrogens is 318 g/mol. The Morgan fingerprint density at radius 1 is 1.12 bits per heavy atom. The Morgan fingerprint density at radius 3 is 2.71 bits per heavy atom. The van der Waals surface area contributed by atoms with E-state index in [0.29, 0.717) is 6.04 Å². The van der Waals surface area contributed by atoms with Crippen molar-refractivity contribution < 1.29 is 9.47 Å². The van der Waals surface area contributed by atoms with E-state index < -0.39 is 0 Å². The molecule has 1 fully saturated rings. The van der Waals surface area contributed by atoms with Crippen LogP contribution < -0.4 is 9.47 Å². The molecule has 130 valence electrons. The second-order valence-electron chi connectivity index (χ2n) is 6.48. The first-order valence-electron chi connectivity index (χ1n) is 8.72. The van der Waals surface area contributed by atoms with Gasteiger partial charge in [0.05, 0.1) is 14.2 Å². The summed E-state index contributed by atoms with van der Waals surface area (Å²) in [7, 11) is 3.43. The van der Waals surface area contributed by atoms with Crippen LogP contribution in [0.15, 0.2) is 29.6 Å². The van der Waals surface area contributed by atoms with E-state index >= 15 is 0 Å². The van der Waals surface area contributed by atoms with Gasteiger partial charge in [-0.05, 0) is 49.4 Å². The van der Waals surface area contributed by atoms with Gasteiger partial charge in [-0.15, -0.1) is 11.3 Å². The van der Waals surface area contributed by atoms with Crippen molar-refractivity contribution in [2.45, 2.75) is 45.2 Å². The summed E-state index contributed by atoms with van der Waals surface area (Å²) in [6.45, 7) is 4.31. The topological polar surface area (TPSA) is 21.7 Å². The standard InChI is InChI=1S/C20H27NO2S/c1-15-10-12-24-20(15)18-7-5-4-6-11-21(18)14-16-8-9-17(22-2)13-19(16)23-3/h8-10,12-13,18H,4-7,11,14H2,1-3H3/t18-/m1/s1. The Hall–Kier alpha value is -1.52. The van der Waals surface area contributed by atoms with Crippen molar-refractivity contribution in [3.05, 3.63) is 45.6 Å². The molecule has 2 aromatic rings. The molecule has 2 heterocycles. The molecule has 0 amide bonds. The lowest BCUT2D eigenvalue weighted by Crippen LogP contribution is -2.28. The fourth-order valence-electron chi connectivity index (χ4n) is 3.58. The highest BCUT2D eigenvalue weighted by molar-refractivity contribution is 7.10. The van der Waals surface area contributed by atoms with E-state index in [-0.39, 0.29) is 0 Å². The predicted molar refractivity (Wildman–Crippen MR) is 100 cm³/mol. The SMILES string of the molecule is COc1ccc(CN2CCCCC[C@@H]2c2sccc2C)c(OC)c1. The molecule has 24 heavy (non-hydrogen) atoms. The van der Waals surface area contributed by atoms with E-state index in [9.17, 15) is 0 Å². The molecule has 1 saturated heterocycles. The maximum absolute atomic E-state index is 5.61. The lowest BCUT2D eigenvalue weighted by Gasteiger charge is -2.30. The van der Waals surface area contributed by atoms with Gasteiger partial charge < -0.3 is 9.47 Å². The molecule has 3 rings (SSSR count). The first kappa shape index (κ1) is 17.3. The van der Waals surface area contributed by atoms with Crippen LogP contribution in [0.25, 0.3) is 0 Å². The van der Waals surface area contributed by atoms with Gasteiger partial charge >= 0.3 is 0 Å². The van der Waals surface area contributed by atoms with Crippen LogP contribution in [0, 0.1) is 6.92 Å². The molecule has 0 bridgehead atoms. The van der Waals surface area contributed by atoms with Gasteiger partial charge in [-0.3, -0.25) is 4.90 Å². The van der Waals surface area contributed by atoms with Crippen molar-refractivity contribution in [1.29, 1.82) is 0 Å². The van der Waals surface area contributed by atoms with Crippen molar-refractivity contribution >= 4 is 11.3 Å². The van der Waals surface area contributed by atoms with Crippen LogP contribution in [0.4, 0.5) is 0 Å². The average molecular weight is 346 g/mol. The summed E-state index contributed by atoms with van der Waals surface area (Å²) in [6.07, 6.45) is 5.18. The van der Waals surface area contributed by atoms with E-state index in [1.54, 1.807) is 14.2 Å². The van der Waals surface area contributed by atoms with Crippen LogP contribution in [0.2, 0.25) is 0 Å². The van der Waals surface area contributed by atoms with Gasteiger partial charge in [0.2, 0.25) is 0 Å². The summed E-state index contributed by atoms with van der Waals surface area (Å²) in [6, 6.07) is 8.93. The number of aryl methyl sites for hydroxylation is 1. The highest BCUT2D eigenvalue weighted by atomic mass is 32.1. The molecule has 3 nitrogen and oxygen atoms in total. The van der Waals surface area contributed by atoms with E-state index in [0.717, 1.165) is 24.6 Å². The lowest BCUT2D eigenvalue weighted by atomic mass is 10.0. The molecule has 1 atom stereocenters. The van der Waals surface area contributed by atoms with Gasteiger partial charge in [0.25, 0.3) is 0 Å². The summed E-state index contributed by atoms with van der Waals surface area (Å²) in [5.74, 6) is 1.76. The van der Waals surface area contributed by atoms with Gasteiger partial charge in [0, 0.05) is 29.1 Å². The molecule has 4 heteroatoms. The first-order chi connectivity index (χ1) is 11.7. The minimum absolute atomic E-state index is 0.527. The normalized spacial score (nSPS) is 19.0. The molecule has 1 aliphatic rings. The Morgan fingerprint density at radius 2 is 2.00 bits per heavy atom. The minimum atomic E-state index is 0.527. The van der Waals surface area contributed by atoms with E-state index in [1.165, 1.54) is 41.7 Å². The third-order valence-corrected chi connectivity index (χ3v) is 6.06. The van der Waals surface area contributed by atoms with Crippen LogP contribution in [0.3, 0.4) is 0 Å². The maximum Gasteiger partial charge on any atom is 0.127 e. The molecule has 1 aliphatic heterocycles. The quantitative estimate of drug-likeness (QED) is 0.744. The van der Waals surface area contributed by atoms with Crippen LogP contribution in [-0.2, 0) is 6.54 Å². The number of rotatable bonds is 5. The number of ether oxygens (including phenoxy) is 2. The number of methoxy groups -OCH3 is 2. The largest absolute Gasteiger partial charge is 0.497 e. The second kappa shape index (κ2) is 8.04. The van der Waals surface area contributed by atoms with E-state index in [1.807, 2.05) is 23.5 Å². The zero-order chi connectivity index (χ0) is 16.9. The van der Waals surface area contributed by atoms with Gasteiger partial charge in [-0.1, -0.05) is 18.9 Å². The zero-order valence-electron chi connectivity index (χ0n) is 14.9. The molecule has 1 aromatic heterocycles. The fraction of sp³-hybridized carbons (Fsp3) is 0.500.